The number of carbonyl (C=O) groups excluding carboxylic acids is 3. The normalized spacial score (nSPS) is 13.4. The van der Waals surface area contributed by atoms with Gasteiger partial charge in [0.05, 0.1) is 11.3 Å². The molecule has 0 atom stereocenters. The molecule has 1 aliphatic rings. The summed E-state index contributed by atoms with van der Waals surface area (Å²) in [5, 5.41) is 5.53. The number of amides is 3. The average molecular weight is 443 g/mol. The van der Waals surface area contributed by atoms with Crippen LogP contribution in [-0.4, -0.2) is 48.8 Å². The highest BCUT2D eigenvalue weighted by Gasteiger charge is 2.24. The highest BCUT2D eigenvalue weighted by molar-refractivity contribution is 6.09. The zero-order chi connectivity index (χ0) is 23.2. The van der Waals surface area contributed by atoms with Gasteiger partial charge in [-0.3, -0.25) is 14.4 Å². The van der Waals surface area contributed by atoms with E-state index in [0.717, 1.165) is 18.8 Å². The Morgan fingerprint density at radius 1 is 0.727 bits per heavy atom. The number of benzene rings is 3. The van der Waals surface area contributed by atoms with E-state index < -0.39 is 0 Å². The van der Waals surface area contributed by atoms with Crippen LogP contribution in [0.3, 0.4) is 0 Å². The van der Waals surface area contributed by atoms with Gasteiger partial charge < -0.3 is 20.4 Å². The molecule has 0 aliphatic carbocycles. The summed E-state index contributed by atoms with van der Waals surface area (Å²) in [7, 11) is 0. The third kappa shape index (κ3) is 5.38. The van der Waals surface area contributed by atoms with Gasteiger partial charge in [-0.15, -0.1) is 0 Å². The number of hydrogen-bond donors (Lipinski definition) is 2. The first-order valence-electron chi connectivity index (χ1n) is 10.9. The minimum Gasteiger partial charge on any atom is -0.368 e. The summed E-state index contributed by atoms with van der Waals surface area (Å²) < 4.78 is 0. The molecule has 1 saturated heterocycles. The van der Waals surface area contributed by atoms with Crippen LogP contribution in [0.4, 0.5) is 17.1 Å². The van der Waals surface area contributed by atoms with Crippen molar-refractivity contribution in [1.82, 2.24) is 4.90 Å². The molecule has 1 aliphatic heterocycles. The fraction of sp³-hybridized carbons (Fsp3) is 0.192. The lowest BCUT2D eigenvalue weighted by Crippen LogP contribution is -2.48. The number of rotatable bonds is 5. The van der Waals surface area contributed by atoms with Crippen LogP contribution >= 0.6 is 0 Å². The van der Waals surface area contributed by atoms with E-state index in [0.29, 0.717) is 35.6 Å². The van der Waals surface area contributed by atoms with Gasteiger partial charge in [-0.05, 0) is 48.5 Å². The van der Waals surface area contributed by atoms with Gasteiger partial charge >= 0.3 is 0 Å². The Morgan fingerprint density at radius 3 is 2.03 bits per heavy atom. The van der Waals surface area contributed by atoms with E-state index >= 15 is 0 Å². The lowest BCUT2D eigenvalue weighted by Gasteiger charge is -2.36. The fourth-order valence-corrected chi connectivity index (χ4v) is 3.86. The van der Waals surface area contributed by atoms with Crippen molar-refractivity contribution in [1.29, 1.82) is 0 Å². The monoisotopic (exact) mass is 442 g/mol. The van der Waals surface area contributed by atoms with Crippen LogP contribution in [0.5, 0.6) is 0 Å². The van der Waals surface area contributed by atoms with E-state index in [1.807, 2.05) is 23.1 Å². The van der Waals surface area contributed by atoms with Crippen molar-refractivity contribution >= 4 is 34.8 Å². The van der Waals surface area contributed by atoms with E-state index in [4.69, 9.17) is 0 Å². The molecule has 0 spiro atoms. The molecule has 1 heterocycles. The SMILES string of the molecule is CC(=O)Nc1ccc(C(=O)Nc2ccccc2C(=O)N2CCN(c3ccccc3)CC2)cc1. The lowest BCUT2D eigenvalue weighted by atomic mass is 10.1. The quantitative estimate of drug-likeness (QED) is 0.629. The molecule has 33 heavy (non-hydrogen) atoms. The number of hydrogen-bond acceptors (Lipinski definition) is 4. The molecule has 3 aromatic rings. The van der Waals surface area contributed by atoms with E-state index in [1.54, 1.807) is 48.5 Å². The van der Waals surface area contributed by atoms with Crippen LogP contribution in [0.25, 0.3) is 0 Å². The van der Waals surface area contributed by atoms with Crippen LogP contribution in [0.15, 0.2) is 78.9 Å². The molecule has 4 rings (SSSR count). The zero-order valence-corrected chi connectivity index (χ0v) is 18.5. The summed E-state index contributed by atoms with van der Waals surface area (Å²) in [6.45, 7) is 4.16. The van der Waals surface area contributed by atoms with Gasteiger partial charge in [-0.2, -0.15) is 0 Å². The highest BCUT2D eigenvalue weighted by Crippen LogP contribution is 2.21. The second-order valence-electron chi connectivity index (χ2n) is 7.87. The summed E-state index contributed by atoms with van der Waals surface area (Å²) in [5.41, 5.74) is 3.15. The molecular formula is C26H26N4O3. The minimum absolute atomic E-state index is 0.0976. The highest BCUT2D eigenvalue weighted by atomic mass is 16.2. The first-order chi connectivity index (χ1) is 16.0. The van der Waals surface area contributed by atoms with Crippen molar-refractivity contribution in [3.63, 3.8) is 0 Å². The van der Waals surface area contributed by atoms with Crippen LogP contribution in [-0.2, 0) is 4.79 Å². The molecule has 3 aromatic carbocycles. The van der Waals surface area contributed by atoms with Crippen molar-refractivity contribution in [2.75, 3.05) is 41.7 Å². The van der Waals surface area contributed by atoms with E-state index in [2.05, 4.69) is 27.7 Å². The molecule has 0 saturated carbocycles. The van der Waals surface area contributed by atoms with E-state index in [9.17, 15) is 14.4 Å². The van der Waals surface area contributed by atoms with Crippen LogP contribution in [0.2, 0.25) is 0 Å². The average Bonchev–Trinajstić information content (AvgIpc) is 2.85. The molecule has 1 fully saturated rings. The third-order valence-corrected chi connectivity index (χ3v) is 5.56. The lowest BCUT2D eigenvalue weighted by molar-refractivity contribution is -0.114. The Hall–Kier alpha value is -4.13. The maximum absolute atomic E-state index is 13.2. The maximum Gasteiger partial charge on any atom is 0.256 e. The predicted molar refractivity (Wildman–Crippen MR) is 130 cm³/mol. The number of carbonyl (C=O) groups is 3. The van der Waals surface area contributed by atoms with Crippen molar-refractivity contribution in [2.45, 2.75) is 6.92 Å². The van der Waals surface area contributed by atoms with Crippen molar-refractivity contribution in [2.24, 2.45) is 0 Å². The van der Waals surface area contributed by atoms with Crippen LogP contribution in [0, 0.1) is 0 Å². The Bertz CT molecular complexity index is 1140. The fourth-order valence-electron chi connectivity index (χ4n) is 3.86. The van der Waals surface area contributed by atoms with Gasteiger partial charge in [-0.25, -0.2) is 0 Å². The summed E-state index contributed by atoms with van der Waals surface area (Å²) >= 11 is 0. The number of piperazine rings is 1. The molecule has 7 nitrogen and oxygen atoms in total. The van der Waals surface area contributed by atoms with Gasteiger partial charge in [0.1, 0.15) is 0 Å². The van der Waals surface area contributed by atoms with Crippen LogP contribution in [0.1, 0.15) is 27.6 Å². The maximum atomic E-state index is 13.2. The Balaban J connectivity index is 1.42. The molecule has 0 unspecified atom stereocenters. The van der Waals surface area contributed by atoms with Gasteiger partial charge in [0.25, 0.3) is 11.8 Å². The second kappa shape index (κ2) is 9.99. The first kappa shape index (κ1) is 22.1. The third-order valence-electron chi connectivity index (χ3n) is 5.56. The van der Waals surface area contributed by atoms with Crippen molar-refractivity contribution in [3.8, 4) is 0 Å². The standard InChI is InChI=1S/C26H26N4O3/c1-19(31)27-21-13-11-20(12-14-21)25(32)28-24-10-6-5-9-23(24)26(33)30-17-15-29(16-18-30)22-7-3-2-4-8-22/h2-14H,15-18H2,1H3,(H,27,31)(H,28,32). The largest absolute Gasteiger partial charge is 0.368 e. The van der Waals surface area contributed by atoms with Crippen molar-refractivity contribution < 1.29 is 14.4 Å². The Labute approximate surface area is 193 Å². The topological polar surface area (TPSA) is 81.8 Å². The first-order valence-corrected chi connectivity index (χ1v) is 10.9. The van der Waals surface area contributed by atoms with Gasteiger partial charge in [0.2, 0.25) is 5.91 Å². The summed E-state index contributed by atoms with van der Waals surface area (Å²) in [4.78, 5) is 41.3. The molecule has 7 heteroatoms. The van der Waals surface area contributed by atoms with Crippen molar-refractivity contribution in [3.05, 3.63) is 90.0 Å². The van der Waals surface area contributed by atoms with Gasteiger partial charge in [0.15, 0.2) is 0 Å². The molecule has 0 radical (unpaired) electrons. The molecule has 0 aromatic heterocycles. The molecule has 3 amide bonds. The number of anilines is 3. The Kier molecular flexibility index (Phi) is 6.69. The second-order valence-corrected chi connectivity index (χ2v) is 7.87. The summed E-state index contributed by atoms with van der Waals surface area (Å²) in [6, 6.07) is 23.8. The minimum atomic E-state index is -0.321. The van der Waals surface area contributed by atoms with E-state index in [-0.39, 0.29) is 17.7 Å². The molecule has 168 valence electrons. The molecule has 0 bridgehead atoms. The zero-order valence-electron chi connectivity index (χ0n) is 18.5. The molecular weight excluding hydrogens is 416 g/mol. The molecule has 2 N–H and O–H groups in total. The smallest absolute Gasteiger partial charge is 0.256 e. The number of para-hydroxylation sites is 2. The van der Waals surface area contributed by atoms with Crippen LogP contribution < -0.4 is 15.5 Å². The Morgan fingerprint density at radius 2 is 1.36 bits per heavy atom. The van der Waals surface area contributed by atoms with Gasteiger partial charge in [0, 0.05) is 50.0 Å². The van der Waals surface area contributed by atoms with Gasteiger partial charge in [-0.1, -0.05) is 30.3 Å². The number of nitrogens with zero attached hydrogens (tertiary/aromatic N) is 2. The summed E-state index contributed by atoms with van der Waals surface area (Å²) in [6.07, 6.45) is 0. The van der Waals surface area contributed by atoms with E-state index in [1.165, 1.54) is 6.92 Å². The number of nitrogens with one attached hydrogen (secondary N) is 2. The predicted octanol–water partition coefficient (Wildman–Crippen LogP) is 3.86. The summed E-state index contributed by atoms with van der Waals surface area (Å²) in [5.74, 6) is -0.595.